The molecule has 0 aromatic heterocycles. The van der Waals surface area contributed by atoms with Crippen molar-refractivity contribution in [2.45, 2.75) is 69.5 Å². The average Bonchev–Trinajstić information content (AvgIpc) is 3.14. The molecule has 4 rings (SSSR count). The standard InChI is InChI=1S/C25H35FN3O9P/c1-24(26)22(32)19(37-23(24)29-13-12-20(30)28-25(29,2)35-4)15-36-39(33,27-14-21(31)34-3)38-18-11-7-9-16-8-5-6-10-17(16)18/h7,9,11-13,19,22-23,32H,5-6,8,10,14-15H2,1-4H3,(H,27,33)(H,28,30)/t19-,22-,23-,24-,25?,39?/m1/s1. The number of rotatable bonds is 10. The Bertz CT molecular complexity index is 1170. The van der Waals surface area contributed by atoms with Gasteiger partial charge in [0.15, 0.2) is 11.9 Å². The molecule has 0 radical (unpaired) electrons. The third-order valence-electron chi connectivity index (χ3n) is 7.23. The highest BCUT2D eigenvalue weighted by Gasteiger charge is 2.59. The van der Waals surface area contributed by atoms with E-state index in [1.807, 2.05) is 6.07 Å². The lowest BCUT2D eigenvalue weighted by Gasteiger charge is -2.46. The monoisotopic (exact) mass is 571 g/mol. The summed E-state index contributed by atoms with van der Waals surface area (Å²) in [6, 6.07) is 5.42. The highest BCUT2D eigenvalue weighted by Crippen LogP contribution is 2.48. The number of nitrogens with zero attached hydrogens (tertiary/aromatic N) is 1. The number of nitrogens with one attached hydrogen (secondary N) is 2. The Morgan fingerprint density at radius 1 is 1.31 bits per heavy atom. The second kappa shape index (κ2) is 11.5. The van der Waals surface area contributed by atoms with Crippen LogP contribution in [0.3, 0.4) is 0 Å². The van der Waals surface area contributed by atoms with Gasteiger partial charge < -0.3 is 34.1 Å². The van der Waals surface area contributed by atoms with E-state index >= 15 is 4.39 Å². The lowest BCUT2D eigenvalue weighted by molar-refractivity contribution is -0.213. The molecule has 39 heavy (non-hydrogen) atoms. The van der Waals surface area contributed by atoms with Crippen LogP contribution in [0.2, 0.25) is 0 Å². The SMILES string of the molecule is COC(=O)CNP(=O)(OC[C@H]1O[C@@H](N2C=CC(=O)NC2(C)OC)[C@](C)(F)[C@@H]1O)Oc1cccc2c1CCCC2. The summed E-state index contributed by atoms with van der Waals surface area (Å²) in [6.07, 6.45) is 1.63. The van der Waals surface area contributed by atoms with E-state index in [1.54, 1.807) is 12.1 Å². The molecule has 0 spiro atoms. The maximum Gasteiger partial charge on any atom is 0.459 e. The van der Waals surface area contributed by atoms with Crippen LogP contribution in [0.1, 0.15) is 37.8 Å². The van der Waals surface area contributed by atoms with Crippen LogP contribution in [0.25, 0.3) is 0 Å². The summed E-state index contributed by atoms with van der Waals surface area (Å²) in [4.78, 5) is 25.0. The number of aliphatic hydroxyl groups excluding tert-OH is 1. The van der Waals surface area contributed by atoms with Crippen molar-refractivity contribution in [2.75, 3.05) is 27.4 Å². The summed E-state index contributed by atoms with van der Waals surface area (Å²) < 4.78 is 57.0. The highest BCUT2D eigenvalue weighted by atomic mass is 31.2. The molecule has 1 amide bonds. The molecule has 1 saturated heterocycles. The first kappa shape index (κ1) is 29.4. The Balaban J connectivity index is 1.54. The van der Waals surface area contributed by atoms with Crippen molar-refractivity contribution in [1.82, 2.24) is 15.3 Å². The van der Waals surface area contributed by atoms with Crippen molar-refractivity contribution >= 4 is 19.6 Å². The third kappa shape index (κ3) is 6.13. The number of hydrogen-bond donors (Lipinski definition) is 3. The van der Waals surface area contributed by atoms with Crippen molar-refractivity contribution in [3.63, 3.8) is 0 Å². The Kier molecular flexibility index (Phi) is 8.70. The first-order valence-electron chi connectivity index (χ1n) is 12.7. The zero-order valence-corrected chi connectivity index (χ0v) is 23.2. The summed E-state index contributed by atoms with van der Waals surface area (Å²) >= 11 is 0. The fourth-order valence-electron chi connectivity index (χ4n) is 4.90. The van der Waals surface area contributed by atoms with Gasteiger partial charge in [0, 0.05) is 26.3 Å². The lowest BCUT2D eigenvalue weighted by atomic mass is 9.91. The molecule has 0 bridgehead atoms. The van der Waals surface area contributed by atoms with Crippen molar-refractivity contribution in [3.05, 3.63) is 41.6 Å². The zero-order valence-electron chi connectivity index (χ0n) is 22.3. The molecule has 2 aliphatic heterocycles. The van der Waals surface area contributed by atoms with E-state index in [0.717, 1.165) is 43.7 Å². The molecule has 1 aliphatic carbocycles. The van der Waals surface area contributed by atoms with Gasteiger partial charge in [0.2, 0.25) is 11.8 Å². The predicted molar refractivity (Wildman–Crippen MR) is 136 cm³/mol. The molecule has 216 valence electrons. The van der Waals surface area contributed by atoms with Crippen molar-refractivity contribution in [2.24, 2.45) is 0 Å². The number of hydrogen-bond acceptors (Lipinski definition) is 10. The first-order valence-corrected chi connectivity index (χ1v) is 14.2. The predicted octanol–water partition coefficient (Wildman–Crippen LogP) is 1.91. The minimum Gasteiger partial charge on any atom is -0.468 e. The van der Waals surface area contributed by atoms with Gasteiger partial charge in [-0.3, -0.25) is 14.1 Å². The summed E-state index contributed by atoms with van der Waals surface area (Å²) in [6.45, 7) is 1.62. The van der Waals surface area contributed by atoms with E-state index in [2.05, 4.69) is 15.1 Å². The minimum absolute atomic E-state index is 0.346. The number of halogens is 1. The van der Waals surface area contributed by atoms with Crippen LogP contribution in [0, 0.1) is 0 Å². The number of benzene rings is 1. The quantitative estimate of drug-likeness (QED) is 0.280. The van der Waals surface area contributed by atoms with Crippen molar-refractivity contribution in [3.8, 4) is 5.75 Å². The Morgan fingerprint density at radius 2 is 2.05 bits per heavy atom. The summed E-state index contributed by atoms with van der Waals surface area (Å²) in [7, 11) is -1.73. The molecule has 12 nitrogen and oxygen atoms in total. The van der Waals surface area contributed by atoms with Crippen LogP contribution in [0.5, 0.6) is 5.75 Å². The molecule has 0 saturated carbocycles. The number of ether oxygens (including phenoxy) is 3. The number of carbonyl (C=O) groups excluding carboxylic acids is 2. The van der Waals surface area contributed by atoms with Gasteiger partial charge in [0.05, 0.1) is 13.7 Å². The second-order valence-corrected chi connectivity index (χ2v) is 11.7. The van der Waals surface area contributed by atoms with Gasteiger partial charge in [-0.25, -0.2) is 14.0 Å². The van der Waals surface area contributed by atoms with E-state index in [4.69, 9.17) is 18.5 Å². The van der Waals surface area contributed by atoms with Crippen LogP contribution in [0.15, 0.2) is 30.5 Å². The maximum atomic E-state index is 15.9. The van der Waals surface area contributed by atoms with E-state index in [0.29, 0.717) is 5.75 Å². The molecule has 3 N–H and O–H groups in total. The smallest absolute Gasteiger partial charge is 0.459 e. The number of aliphatic hydroxyl groups is 1. The molecule has 3 aliphatic rings. The van der Waals surface area contributed by atoms with Crippen molar-refractivity contribution < 1.29 is 46.9 Å². The van der Waals surface area contributed by atoms with Crippen molar-refractivity contribution in [1.29, 1.82) is 0 Å². The minimum atomic E-state index is -4.24. The van der Waals surface area contributed by atoms with Gasteiger partial charge in [0.1, 0.15) is 24.5 Å². The molecule has 2 unspecified atom stereocenters. The number of fused-ring (bicyclic) bond motifs is 1. The zero-order chi connectivity index (χ0) is 28.4. The van der Waals surface area contributed by atoms with E-state index < -0.39 is 62.7 Å². The van der Waals surface area contributed by atoms with Gasteiger partial charge in [-0.2, -0.15) is 0 Å². The third-order valence-corrected chi connectivity index (χ3v) is 8.70. The second-order valence-electron chi connectivity index (χ2n) is 9.92. The fraction of sp³-hybridized carbons (Fsp3) is 0.600. The van der Waals surface area contributed by atoms with Crippen LogP contribution < -0.4 is 14.9 Å². The number of carbonyl (C=O) groups is 2. The normalized spacial score (nSPS) is 31.8. The molecule has 2 heterocycles. The van der Waals surface area contributed by atoms with Gasteiger partial charge in [-0.1, -0.05) is 12.1 Å². The van der Waals surface area contributed by atoms with Gasteiger partial charge in [-0.15, -0.1) is 0 Å². The van der Waals surface area contributed by atoms with Crippen LogP contribution in [0.4, 0.5) is 4.39 Å². The topological polar surface area (TPSA) is 145 Å². The van der Waals surface area contributed by atoms with E-state index in [1.165, 1.54) is 38.3 Å². The molecular formula is C25H35FN3O9P. The largest absolute Gasteiger partial charge is 0.468 e. The molecule has 1 fully saturated rings. The molecule has 1 aromatic rings. The first-order chi connectivity index (χ1) is 18.4. The molecule has 1 aromatic carbocycles. The van der Waals surface area contributed by atoms with Gasteiger partial charge >= 0.3 is 13.7 Å². The number of amides is 1. The Hall–Kier alpha value is -2.54. The molecular weight excluding hydrogens is 536 g/mol. The van der Waals surface area contributed by atoms with Crippen LogP contribution in [-0.4, -0.2) is 79.2 Å². The van der Waals surface area contributed by atoms with Gasteiger partial charge in [-0.05, 0) is 49.8 Å². The number of esters is 1. The fourth-order valence-corrected chi connectivity index (χ4v) is 6.21. The van der Waals surface area contributed by atoms with Crippen LogP contribution >= 0.6 is 7.75 Å². The average molecular weight is 572 g/mol. The summed E-state index contributed by atoms with van der Waals surface area (Å²) in [5.74, 6) is -2.28. The van der Waals surface area contributed by atoms with E-state index in [-0.39, 0.29) is 0 Å². The van der Waals surface area contributed by atoms with E-state index in [9.17, 15) is 19.3 Å². The number of alkyl halides is 1. The van der Waals surface area contributed by atoms with Gasteiger partial charge in [0.25, 0.3) is 0 Å². The lowest BCUT2D eigenvalue weighted by Crippen LogP contribution is -2.66. The summed E-state index contributed by atoms with van der Waals surface area (Å²) in [5, 5.41) is 15.9. The molecule has 6 atom stereocenters. The number of aryl methyl sites for hydroxylation is 1. The highest BCUT2D eigenvalue weighted by molar-refractivity contribution is 7.52. The Morgan fingerprint density at radius 3 is 2.77 bits per heavy atom. The summed E-state index contributed by atoms with van der Waals surface area (Å²) in [5.41, 5.74) is -0.381. The van der Waals surface area contributed by atoms with Crippen LogP contribution in [-0.2, 0) is 45.7 Å². The molecule has 14 heteroatoms. The maximum absolute atomic E-state index is 15.9. The Labute approximate surface area is 226 Å². The number of methoxy groups -OCH3 is 2.